The smallest absolute Gasteiger partial charge is 0.169 e. The molecule has 0 aliphatic heterocycles. The van der Waals surface area contributed by atoms with Crippen molar-refractivity contribution in [3.63, 3.8) is 0 Å². The molecule has 0 aliphatic carbocycles. The molecule has 0 spiro atoms. The number of hydrogen-bond acceptors (Lipinski definition) is 2. The van der Waals surface area contributed by atoms with Crippen molar-refractivity contribution in [2.45, 2.75) is 0 Å². The van der Waals surface area contributed by atoms with E-state index in [9.17, 15) is 4.79 Å². The molecule has 0 unspecified atom stereocenters. The summed E-state index contributed by atoms with van der Waals surface area (Å²) in [5, 5.41) is 0.359. The molecule has 0 saturated heterocycles. The summed E-state index contributed by atoms with van der Waals surface area (Å²) in [5.74, 6) is 0. The molecule has 0 amide bonds. The molecule has 0 atom stereocenters. The highest BCUT2D eigenvalue weighted by Gasteiger charge is 2.02. The first-order valence-corrected chi connectivity index (χ1v) is 3.68. The van der Waals surface area contributed by atoms with Crippen LogP contribution in [0.25, 0.3) is 0 Å². The molecule has 0 radical (unpaired) electrons. The van der Waals surface area contributed by atoms with E-state index in [2.05, 4.69) is 20.9 Å². The van der Waals surface area contributed by atoms with Crippen LogP contribution in [0.1, 0.15) is 10.5 Å². The Bertz CT molecular complexity index is 264. The Morgan fingerprint density at radius 2 is 2.40 bits per heavy atom. The number of aromatic nitrogens is 1. The van der Waals surface area contributed by atoms with Crippen molar-refractivity contribution in [1.29, 1.82) is 0 Å². The molecule has 1 aromatic heterocycles. The second-order valence-electron chi connectivity index (χ2n) is 1.61. The van der Waals surface area contributed by atoms with Crippen LogP contribution in [0.5, 0.6) is 0 Å². The zero-order valence-corrected chi connectivity index (χ0v) is 7.19. The highest BCUT2D eigenvalue weighted by Crippen LogP contribution is 2.22. The Morgan fingerprint density at radius 3 is 2.90 bits per heavy atom. The van der Waals surface area contributed by atoms with E-state index in [1.807, 2.05) is 0 Å². The molecule has 1 heterocycles. The third kappa shape index (κ3) is 1.36. The zero-order valence-electron chi connectivity index (χ0n) is 4.84. The Labute approximate surface area is 71.3 Å². The van der Waals surface area contributed by atoms with E-state index in [0.29, 0.717) is 15.8 Å². The Hall–Kier alpha value is -0.410. The first-order chi connectivity index (χ1) is 4.75. The van der Waals surface area contributed by atoms with E-state index >= 15 is 0 Å². The van der Waals surface area contributed by atoms with Crippen LogP contribution in [-0.4, -0.2) is 11.3 Å². The number of carbonyl (C=O) groups is 1. The average Bonchev–Trinajstić information content (AvgIpc) is 1.95. The standard InChI is InChI=1S/C6H3BrClNO/c7-4-1-2-9-5(3-10)6(4)8/h1-3H. The van der Waals surface area contributed by atoms with Crippen LogP contribution in [0, 0.1) is 0 Å². The molecule has 2 nitrogen and oxygen atoms in total. The quantitative estimate of drug-likeness (QED) is 0.680. The predicted octanol–water partition coefficient (Wildman–Crippen LogP) is 2.31. The molecule has 1 aromatic rings. The fourth-order valence-corrected chi connectivity index (χ4v) is 0.995. The van der Waals surface area contributed by atoms with Crippen molar-refractivity contribution in [3.05, 3.63) is 27.5 Å². The van der Waals surface area contributed by atoms with Gasteiger partial charge in [0.1, 0.15) is 5.69 Å². The number of halogens is 2. The summed E-state index contributed by atoms with van der Waals surface area (Å²) < 4.78 is 0.686. The second-order valence-corrected chi connectivity index (χ2v) is 2.84. The predicted molar refractivity (Wildman–Crippen MR) is 42.3 cm³/mol. The normalized spacial score (nSPS) is 9.40. The summed E-state index contributed by atoms with van der Waals surface area (Å²) in [5.41, 5.74) is 0.260. The number of aldehydes is 1. The van der Waals surface area contributed by atoms with Crippen molar-refractivity contribution in [2.75, 3.05) is 0 Å². The summed E-state index contributed by atoms with van der Waals surface area (Å²) in [6, 6.07) is 1.68. The Morgan fingerprint density at radius 1 is 1.70 bits per heavy atom. The maximum Gasteiger partial charge on any atom is 0.169 e. The van der Waals surface area contributed by atoms with E-state index < -0.39 is 0 Å². The van der Waals surface area contributed by atoms with Gasteiger partial charge in [-0.05, 0) is 22.0 Å². The largest absolute Gasteiger partial charge is 0.296 e. The molecular weight excluding hydrogens is 217 g/mol. The molecule has 0 aromatic carbocycles. The Kier molecular flexibility index (Phi) is 2.40. The van der Waals surface area contributed by atoms with E-state index in [1.54, 1.807) is 6.07 Å². The molecule has 10 heavy (non-hydrogen) atoms. The lowest BCUT2D eigenvalue weighted by atomic mass is 10.4. The van der Waals surface area contributed by atoms with Crippen molar-refractivity contribution in [2.24, 2.45) is 0 Å². The van der Waals surface area contributed by atoms with Crippen molar-refractivity contribution >= 4 is 33.8 Å². The van der Waals surface area contributed by atoms with Gasteiger partial charge in [0.05, 0.1) is 5.02 Å². The number of nitrogens with zero attached hydrogens (tertiary/aromatic N) is 1. The third-order valence-electron chi connectivity index (χ3n) is 0.981. The summed E-state index contributed by atoms with van der Waals surface area (Å²) >= 11 is 8.81. The van der Waals surface area contributed by atoms with Gasteiger partial charge < -0.3 is 0 Å². The Balaban J connectivity index is 3.27. The SMILES string of the molecule is O=Cc1nccc(Br)c1Cl. The zero-order chi connectivity index (χ0) is 7.56. The maximum atomic E-state index is 10.2. The number of hydrogen-bond donors (Lipinski definition) is 0. The van der Waals surface area contributed by atoms with Gasteiger partial charge in [-0.3, -0.25) is 9.78 Å². The minimum absolute atomic E-state index is 0.260. The number of pyridine rings is 1. The topological polar surface area (TPSA) is 30.0 Å². The van der Waals surface area contributed by atoms with Crippen molar-refractivity contribution < 1.29 is 4.79 Å². The van der Waals surface area contributed by atoms with Gasteiger partial charge in [0.2, 0.25) is 0 Å². The lowest BCUT2D eigenvalue weighted by Crippen LogP contribution is -1.86. The van der Waals surface area contributed by atoms with Gasteiger partial charge in [-0.25, -0.2) is 0 Å². The van der Waals surface area contributed by atoms with Gasteiger partial charge in [-0.1, -0.05) is 11.6 Å². The summed E-state index contributed by atoms with van der Waals surface area (Å²) in [6.45, 7) is 0. The number of carbonyl (C=O) groups excluding carboxylic acids is 1. The highest BCUT2D eigenvalue weighted by molar-refractivity contribution is 9.10. The molecule has 0 bridgehead atoms. The third-order valence-corrected chi connectivity index (χ3v) is 2.27. The molecule has 4 heteroatoms. The second kappa shape index (κ2) is 3.12. The first kappa shape index (κ1) is 7.69. The minimum atomic E-state index is 0.260. The summed E-state index contributed by atoms with van der Waals surface area (Å²) in [6.07, 6.45) is 2.13. The molecule has 52 valence electrons. The van der Waals surface area contributed by atoms with Gasteiger partial charge in [-0.15, -0.1) is 0 Å². The summed E-state index contributed by atoms with van der Waals surface area (Å²) in [4.78, 5) is 13.9. The molecular formula is C6H3BrClNO. The van der Waals surface area contributed by atoms with E-state index in [4.69, 9.17) is 11.6 Å². The number of rotatable bonds is 1. The molecule has 0 fully saturated rings. The molecule has 1 rings (SSSR count). The first-order valence-electron chi connectivity index (χ1n) is 2.51. The monoisotopic (exact) mass is 219 g/mol. The fraction of sp³-hybridized carbons (Fsp3) is 0. The van der Waals surface area contributed by atoms with Crippen molar-refractivity contribution in [1.82, 2.24) is 4.98 Å². The average molecular weight is 220 g/mol. The summed E-state index contributed by atoms with van der Waals surface area (Å²) in [7, 11) is 0. The van der Waals surface area contributed by atoms with Crippen LogP contribution in [-0.2, 0) is 0 Å². The van der Waals surface area contributed by atoms with Crippen LogP contribution in [0.3, 0.4) is 0 Å². The lowest BCUT2D eigenvalue weighted by Gasteiger charge is -1.94. The van der Waals surface area contributed by atoms with Gasteiger partial charge in [0.15, 0.2) is 6.29 Å². The van der Waals surface area contributed by atoms with Crippen LogP contribution in [0.15, 0.2) is 16.7 Å². The highest BCUT2D eigenvalue weighted by atomic mass is 79.9. The van der Waals surface area contributed by atoms with Crippen LogP contribution >= 0.6 is 27.5 Å². The van der Waals surface area contributed by atoms with Gasteiger partial charge in [0, 0.05) is 10.7 Å². The van der Waals surface area contributed by atoms with E-state index in [-0.39, 0.29) is 5.69 Å². The van der Waals surface area contributed by atoms with Gasteiger partial charge in [-0.2, -0.15) is 0 Å². The fourth-order valence-electron chi connectivity index (χ4n) is 0.517. The maximum absolute atomic E-state index is 10.2. The molecule has 0 aliphatic rings. The van der Waals surface area contributed by atoms with Gasteiger partial charge in [0.25, 0.3) is 0 Å². The molecule has 0 N–H and O–H groups in total. The van der Waals surface area contributed by atoms with Crippen LogP contribution in [0.2, 0.25) is 5.02 Å². The van der Waals surface area contributed by atoms with Crippen molar-refractivity contribution in [3.8, 4) is 0 Å². The lowest BCUT2D eigenvalue weighted by molar-refractivity contribution is 0.111. The van der Waals surface area contributed by atoms with Gasteiger partial charge >= 0.3 is 0 Å². The van der Waals surface area contributed by atoms with Crippen LogP contribution < -0.4 is 0 Å². The minimum Gasteiger partial charge on any atom is -0.296 e. The molecule has 0 saturated carbocycles. The van der Waals surface area contributed by atoms with E-state index in [1.165, 1.54) is 6.20 Å². The van der Waals surface area contributed by atoms with E-state index in [0.717, 1.165) is 0 Å². The van der Waals surface area contributed by atoms with Crippen LogP contribution in [0.4, 0.5) is 0 Å².